The van der Waals surface area contributed by atoms with Crippen LogP contribution < -0.4 is 10.1 Å². The molecule has 0 radical (unpaired) electrons. The van der Waals surface area contributed by atoms with Gasteiger partial charge in [-0.1, -0.05) is 0 Å². The molecular formula is C19H23F3N4O2S. The van der Waals surface area contributed by atoms with Gasteiger partial charge in [0.1, 0.15) is 5.75 Å². The fourth-order valence-corrected chi connectivity index (χ4v) is 3.74. The second kappa shape index (κ2) is 9.00. The first-order chi connectivity index (χ1) is 13.8. The van der Waals surface area contributed by atoms with Gasteiger partial charge in [0, 0.05) is 38.1 Å². The summed E-state index contributed by atoms with van der Waals surface area (Å²) in [4.78, 5) is 20.7. The van der Waals surface area contributed by atoms with E-state index in [0.717, 1.165) is 16.8 Å². The number of benzene rings is 1. The molecule has 10 heteroatoms. The Bertz CT molecular complexity index is 848. The van der Waals surface area contributed by atoms with Crippen molar-refractivity contribution in [1.29, 1.82) is 0 Å². The molecule has 0 atom stereocenters. The third kappa shape index (κ3) is 5.60. The smallest absolute Gasteiger partial charge is 0.418 e. The lowest BCUT2D eigenvalue weighted by Crippen LogP contribution is -2.49. The number of rotatable bonds is 5. The van der Waals surface area contributed by atoms with Crippen molar-refractivity contribution in [3.8, 4) is 5.75 Å². The first kappa shape index (κ1) is 21.4. The topological polar surface area (TPSA) is 57.7 Å². The number of alkyl halides is 3. The monoisotopic (exact) mass is 428 g/mol. The maximum atomic E-state index is 13.4. The first-order valence-corrected chi connectivity index (χ1v) is 10.2. The number of piperazine rings is 1. The third-order valence-electron chi connectivity index (χ3n) is 4.56. The van der Waals surface area contributed by atoms with E-state index in [4.69, 9.17) is 4.74 Å². The van der Waals surface area contributed by atoms with E-state index in [0.29, 0.717) is 32.7 Å². The number of aryl methyl sites for hydroxylation is 1. The quantitative estimate of drug-likeness (QED) is 0.775. The SMILES string of the molecule is CCOc1ccc(NC(=O)N2CCN(Cc3csc(C)n3)CC2)c(C(F)(F)F)c1. The van der Waals surface area contributed by atoms with Crippen LogP contribution >= 0.6 is 11.3 Å². The van der Waals surface area contributed by atoms with Gasteiger partial charge in [-0.25, -0.2) is 9.78 Å². The summed E-state index contributed by atoms with van der Waals surface area (Å²) < 4.78 is 45.3. The maximum absolute atomic E-state index is 13.4. The molecule has 1 saturated heterocycles. The summed E-state index contributed by atoms with van der Waals surface area (Å²) in [7, 11) is 0. The summed E-state index contributed by atoms with van der Waals surface area (Å²) in [6.45, 7) is 6.76. The van der Waals surface area contributed by atoms with Crippen LogP contribution in [0.4, 0.5) is 23.7 Å². The van der Waals surface area contributed by atoms with Crippen LogP contribution in [0.1, 0.15) is 23.2 Å². The van der Waals surface area contributed by atoms with Crippen LogP contribution in [0.3, 0.4) is 0 Å². The molecule has 1 aliphatic heterocycles. The minimum Gasteiger partial charge on any atom is -0.494 e. The van der Waals surface area contributed by atoms with Gasteiger partial charge in [0.25, 0.3) is 0 Å². The molecule has 2 heterocycles. The number of hydrogen-bond donors (Lipinski definition) is 1. The van der Waals surface area contributed by atoms with E-state index in [1.807, 2.05) is 12.3 Å². The van der Waals surface area contributed by atoms with Gasteiger partial charge in [-0.3, -0.25) is 4.90 Å². The average Bonchev–Trinajstić information content (AvgIpc) is 3.07. The van der Waals surface area contributed by atoms with Crippen LogP contribution in [0.5, 0.6) is 5.75 Å². The van der Waals surface area contributed by atoms with Crippen molar-refractivity contribution in [3.63, 3.8) is 0 Å². The number of amides is 2. The molecule has 158 valence electrons. The fourth-order valence-electron chi connectivity index (χ4n) is 3.14. The standard InChI is InChI=1S/C19H23F3N4O2S/c1-3-28-15-4-5-17(16(10-15)19(20,21)22)24-18(27)26-8-6-25(7-9-26)11-14-12-29-13(2)23-14/h4-5,10,12H,3,6-9,11H2,1-2H3,(H,24,27). The zero-order chi connectivity index (χ0) is 21.0. The van der Waals surface area contributed by atoms with Crippen LogP contribution in [0.15, 0.2) is 23.6 Å². The lowest BCUT2D eigenvalue weighted by Gasteiger charge is -2.34. The number of carbonyl (C=O) groups excluding carboxylic acids is 1. The number of urea groups is 1. The van der Waals surface area contributed by atoms with Gasteiger partial charge in [0.15, 0.2) is 0 Å². The summed E-state index contributed by atoms with van der Waals surface area (Å²) in [6.07, 6.45) is -4.60. The van der Waals surface area contributed by atoms with Gasteiger partial charge in [-0.15, -0.1) is 11.3 Å². The van der Waals surface area contributed by atoms with Crippen molar-refractivity contribution in [2.24, 2.45) is 0 Å². The number of anilines is 1. The summed E-state index contributed by atoms with van der Waals surface area (Å²) in [5.74, 6) is 0.115. The van der Waals surface area contributed by atoms with E-state index in [1.165, 1.54) is 17.0 Å². The number of halogens is 3. The minimum absolute atomic E-state index is 0.115. The zero-order valence-electron chi connectivity index (χ0n) is 16.3. The molecule has 1 N–H and O–H groups in total. The van der Waals surface area contributed by atoms with E-state index in [9.17, 15) is 18.0 Å². The minimum atomic E-state index is -4.60. The van der Waals surface area contributed by atoms with E-state index < -0.39 is 17.8 Å². The summed E-state index contributed by atoms with van der Waals surface area (Å²) in [5.41, 5.74) is -0.199. The first-order valence-electron chi connectivity index (χ1n) is 9.29. The van der Waals surface area contributed by atoms with E-state index in [1.54, 1.807) is 18.3 Å². The van der Waals surface area contributed by atoms with Crippen molar-refractivity contribution < 1.29 is 22.7 Å². The number of aromatic nitrogens is 1. The number of thiazole rings is 1. The molecule has 1 aliphatic rings. The molecule has 3 rings (SSSR count). The van der Waals surface area contributed by atoms with E-state index in [-0.39, 0.29) is 18.0 Å². The molecule has 0 bridgehead atoms. The number of nitrogens with zero attached hydrogens (tertiary/aromatic N) is 3. The second-order valence-electron chi connectivity index (χ2n) is 6.69. The Hall–Kier alpha value is -2.33. The van der Waals surface area contributed by atoms with Crippen molar-refractivity contribution in [2.45, 2.75) is 26.6 Å². The van der Waals surface area contributed by atoms with Crippen molar-refractivity contribution in [2.75, 3.05) is 38.1 Å². The lowest BCUT2D eigenvalue weighted by atomic mass is 10.1. The van der Waals surface area contributed by atoms with Gasteiger partial charge in [-0.2, -0.15) is 13.2 Å². The van der Waals surface area contributed by atoms with Crippen LogP contribution in [0, 0.1) is 6.92 Å². The van der Waals surface area contributed by atoms with Crippen molar-refractivity contribution in [3.05, 3.63) is 39.8 Å². The summed E-state index contributed by atoms with van der Waals surface area (Å²) in [6, 6.07) is 3.02. The van der Waals surface area contributed by atoms with Gasteiger partial charge < -0.3 is 15.0 Å². The Morgan fingerprint density at radius 2 is 2.00 bits per heavy atom. The Labute approximate surface area is 171 Å². The molecule has 0 aliphatic carbocycles. The fraction of sp³-hybridized carbons (Fsp3) is 0.474. The van der Waals surface area contributed by atoms with E-state index in [2.05, 4.69) is 15.2 Å². The number of nitrogens with one attached hydrogen (secondary N) is 1. The molecule has 6 nitrogen and oxygen atoms in total. The molecule has 0 spiro atoms. The zero-order valence-corrected chi connectivity index (χ0v) is 17.1. The van der Waals surface area contributed by atoms with Gasteiger partial charge in [-0.05, 0) is 32.0 Å². The molecule has 2 aromatic rings. The molecule has 2 amide bonds. The van der Waals surface area contributed by atoms with Crippen LogP contribution in [0.2, 0.25) is 0 Å². The third-order valence-corrected chi connectivity index (χ3v) is 5.38. The predicted octanol–water partition coefficient (Wildman–Crippen LogP) is 4.22. The predicted molar refractivity (Wildman–Crippen MR) is 105 cm³/mol. The molecule has 0 saturated carbocycles. The van der Waals surface area contributed by atoms with E-state index >= 15 is 0 Å². The highest BCUT2D eigenvalue weighted by atomic mass is 32.1. The van der Waals surface area contributed by atoms with Crippen LogP contribution in [-0.4, -0.2) is 53.6 Å². The Morgan fingerprint density at radius 1 is 1.28 bits per heavy atom. The van der Waals surface area contributed by atoms with Crippen LogP contribution in [0.25, 0.3) is 0 Å². The number of ether oxygens (including phenoxy) is 1. The Balaban J connectivity index is 1.60. The Morgan fingerprint density at radius 3 is 2.59 bits per heavy atom. The molecule has 1 aromatic carbocycles. The summed E-state index contributed by atoms with van der Waals surface area (Å²) >= 11 is 1.59. The molecule has 29 heavy (non-hydrogen) atoms. The Kier molecular flexibility index (Phi) is 6.63. The largest absolute Gasteiger partial charge is 0.494 e. The van der Waals surface area contributed by atoms with Crippen LogP contribution in [-0.2, 0) is 12.7 Å². The second-order valence-corrected chi connectivity index (χ2v) is 7.75. The van der Waals surface area contributed by atoms with Gasteiger partial charge >= 0.3 is 12.2 Å². The van der Waals surface area contributed by atoms with Gasteiger partial charge in [0.05, 0.1) is 28.6 Å². The number of hydrogen-bond acceptors (Lipinski definition) is 5. The lowest BCUT2D eigenvalue weighted by molar-refractivity contribution is -0.137. The molecule has 1 fully saturated rings. The van der Waals surface area contributed by atoms with Gasteiger partial charge in [0.2, 0.25) is 0 Å². The average molecular weight is 428 g/mol. The van der Waals surface area contributed by atoms with Crippen molar-refractivity contribution in [1.82, 2.24) is 14.8 Å². The summed E-state index contributed by atoms with van der Waals surface area (Å²) in [5, 5.41) is 5.43. The molecule has 0 unspecified atom stereocenters. The highest BCUT2D eigenvalue weighted by Gasteiger charge is 2.35. The number of carbonyl (C=O) groups is 1. The molecular weight excluding hydrogens is 405 g/mol. The maximum Gasteiger partial charge on any atom is 0.418 e. The van der Waals surface area contributed by atoms with Crippen molar-refractivity contribution >= 4 is 23.1 Å². The molecule has 1 aromatic heterocycles. The normalized spacial score (nSPS) is 15.4. The highest BCUT2D eigenvalue weighted by molar-refractivity contribution is 7.09. The highest BCUT2D eigenvalue weighted by Crippen LogP contribution is 2.37.